The quantitative estimate of drug-likeness (QED) is 0.836. The molecule has 4 heteroatoms. The second-order valence-corrected chi connectivity index (χ2v) is 5.75. The molecule has 0 atom stereocenters. The first kappa shape index (κ1) is 15.4. The maximum Gasteiger partial charge on any atom is 0.133 e. The van der Waals surface area contributed by atoms with E-state index in [2.05, 4.69) is 64.9 Å². The zero-order valence-corrected chi connectivity index (χ0v) is 13.4. The van der Waals surface area contributed by atoms with Gasteiger partial charge in [0.1, 0.15) is 5.82 Å². The Kier molecular flexibility index (Phi) is 6.65. The van der Waals surface area contributed by atoms with Gasteiger partial charge < -0.3 is 10.2 Å². The summed E-state index contributed by atoms with van der Waals surface area (Å²) in [6.07, 6.45) is 1.87. The van der Waals surface area contributed by atoms with Crippen molar-refractivity contribution in [1.82, 2.24) is 10.3 Å². The van der Waals surface area contributed by atoms with Crippen molar-refractivity contribution in [1.29, 1.82) is 0 Å². The first-order valence-corrected chi connectivity index (χ1v) is 7.47. The van der Waals surface area contributed by atoms with Crippen LogP contribution in [0, 0.1) is 5.92 Å². The number of hydrogen-bond acceptors (Lipinski definition) is 3. The topological polar surface area (TPSA) is 28.2 Å². The van der Waals surface area contributed by atoms with Crippen LogP contribution in [0.15, 0.2) is 16.7 Å². The molecule has 0 saturated carbocycles. The summed E-state index contributed by atoms with van der Waals surface area (Å²) in [6, 6.07) is 2.16. The number of pyridine rings is 1. The summed E-state index contributed by atoms with van der Waals surface area (Å²) < 4.78 is 1.04. The molecule has 0 radical (unpaired) electrons. The number of hydrogen-bond donors (Lipinski definition) is 1. The third-order valence-electron chi connectivity index (χ3n) is 2.84. The average molecular weight is 314 g/mol. The minimum absolute atomic E-state index is 0.669. The molecular weight excluding hydrogens is 290 g/mol. The zero-order chi connectivity index (χ0) is 13.5. The molecule has 0 spiro atoms. The van der Waals surface area contributed by atoms with Crippen molar-refractivity contribution in [3.63, 3.8) is 0 Å². The second-order valence-electron chi connectivity index (χ2n) is 4.83. The maximum atomic E-state index is 4.56. The van der Waals surface area contributed by atoms with E-state index < -0.39 is 0 Å². The van der Waals surface area contributed by atoms with E-state index in [1.54, 1.807) is 0 Å². The molecule has 0 bridgehead atoms. The van der Waals surface area contributed by atoms with Crippen molar-refractivity contribution in [3.8, 4) is 0 Å². The number of aromatic nitrogens is 1. The lowest BCUT2D eigenvalue weighted by Gasteiger charge is -2.23. The van der Waals surface area contributed by atoms with Crippen molar-refractivity contribution >= 4 is 21.7 Å². The van der Waals surface area contributed by atoms with E-state index in [1.807, 2.05) is 6.20 Å². The number of nitrogens with zero attached hydrogens (tertiary/aromatic N) is 2. The number of anilines is 1. The van der Waals surface area contributed by atoms with Gasteiger partial charge in [-0.05, 0) is 48.3 Å². The SMILES string of the molecule is CCN(CC)c1ncc(Br)cc1CNCC(C)C. The van der Waals surface area contributed by atoms with Gasteiger partial charge >= 0.3 is 0 Å². The van der Waals surface area contributed by atoms with Crippen LogP contribution in [0.1, 0.15) is 33.3 Å². The highest BCUT2D eigenvalue weighted by Crippen LogP contribution is 2.21. The monoisotopic (exact) mass is 313 g/mol. The van der Waals surface area contributed by atoms with Crippen LogP contribution >= 0.6 is 15.9 Å². The van der Waals surface area contributed by atoms with Crippen LogP contribution in [-0.4, -0.2) is 24.6 Å². The van der Waals surface area contributed by atoms with Crippen LogP contribution in [0.2, 0.25) is 0 Å². The molecule has 0 aliphatic carbocycles. The molecule has 0 amide bonds. The van der Waals surface area contributed by atoms with E-state index in [9.17, 15) is 0 Å². The van der Waals surface area contributed by atoms with E-state index in [1.165, 1.54) is 5.56 Å². The minimum Gasteiger partial charge on any atom is -0.357 e. The molecule has 0 aromatic carbocycles. The molecule has 3 nitrogen and oxygen atoms in total. The first-order valence-electron chi connectivity index (χ1n) is 6.68. The van der Waals surface area contributed by atoms with Crippen molar-refractivity contribution in [2.75, 3.05) is 24.5 Å². The summed E-state index contributed by atoms with van der Waals surface area (Å²) >= 11 is 3.50. The van der Waals surface area contributed by atoms with Crippen LogP contribution < -0.4 is 10.2 Å². The largest absolute Gasteiger partial charge is 0.357 e. The van der Waals surface area contributed by atoms with Gasteiger partial charge in [-0.1, -0.05) is 13.8 Å². The Balaban J connectivity index is 2.82. The van der Waals surface area contributed by atoms with Gasteiger partial charge in [0, 0.05) is 35.9 Å². The fraction of sp³-hybridized carbons (Fsp3) is 0.643. The van der Waals surface area contributed by atoms with Crippen molar-refractivity contribution in [2.45, 2.75) is 34.2 Å². The van der Waals surface area contributed by atoms with Crippen molar-refractivity contribution in [2.24, 2.45) is 5.92 Å². The highest BCUT2D eigenvalue weighted by atomic mass is 79.9. The Morgan fingerprint density at radius 1 is 1.33 bits per heavy atom. The molecular formula is C14H24BrN3. The van der Waals surface area contributed by atoms with Gasteiger partial charge in [0.15, 0.2) is 0 Å². The third kappa shape index (κ3) is 4.58. The lowest BCUT2D eigenvalue weighted by Crippen LogP contribution is -2.26. The van der Waals surface area contributed by atoms with Crippen molar-refractivity contribution < 1.29 is 0 Å². The lowest BCUT2D eigenvalue weighted by atomic mass is 10.2. The molecule has 1 rings (SSSR count). The first-order chi connectivity index (χ1) is 8.58. The van der Waals surface area contributed by atoms with E-state index in [-0.39, 0.29) is 0 Å². The summed E-state index contributed by atoms with van der Waals surface area (Å²) in [5.74, 6) is 1.77. The molecule has 0 saturated heterocycles. The van der Waals surface area contributed by atoms with E-state index in [4.69, 9.17) is 0 Å². The van der Waals surface area contributed by atoms with Crippen LogP contribution in [0.4, 0.5) is 5.82 Å². The summed E-state index contributed by atoms with van der Waals surface area (Å²) in [5, 5.41) is 3.48. The van der Waals surface area contributed by atoms with Crippen LogP contribution in [0.5, 0.6) is 0 Å². The molecule has 0 aliphatic heterocycles. The molecule has 1 heterocycles. The molecule has 18 heavy (non-hydrogen) atoms. The Hall–Kier alpha value is -0.610. The van der Waals surface area contributed by atoms with Crippen LogP contribution in [0.25, 0.3) is 0 Å². The number of halogens is 1. The fourth-order valence-electron chi connectivity index (χ4n) is 1.91. The zero-order valence-electron chi connectivity index (χ0n) is 11.8. The Bertz CT molecular complexity index is 362. The Morgan fingerprint density at radius 2 is 2.00 bits per heavy atom. The maximum absolute atomic E-state index is 4.56. The fourth-order valence-corrected chi connectivity index (χ4v) is 2.29. The van der Waals surface area contributed by atoms with Crippen molar-refractivity contribution in [3.05, 3.63) is 22.3 Å². The van der Waals surface area contributed by atoms with E-state index in [0.717, 1.165) is 36.5 Å². The lowest BCUT2D eigenvalue weighted by molar-refractivity contribution is 0.551. The standard InChI is InChI=1S/C14H24BrN3/c1-5-18(6-2)14-12(7-13(15)10-17-14)9-16-8-11(3)4/h7,10-11,16H,5-6,8-9H2,1-4H3. The Morgan fingerprint density at radius 3 is 2.56 bits per heavy atom. The van der Waals surface area contributed by atoms with Gasteiger partial charge in [-0.2, -0.15) is 0 Å². The minimum atomic E-state index is 0.669. The number of nitrogens with one attached hydrogen (secondary N) is 1. The highest BCUT2D eigenvalue weighted by molar-refractivity contribution is 9.10. The molecule has 0 fully saturated rings. The predicted octanol–water partition coefficient (Wildman–Crippen LogP) is 3.44. The normalized spacial score (nSPS) is 11.0. The van der Waals surface area contributed by atoms with E-state index in [0.29, 0.717) is 5.92 Å². The summed E-state index contributed by atoms with van der Waals surface area (Å²) in [4.78, 5) is 6.85. The molecule has 1 N–H and O–H groups in total. The van der Waals surface area contributed by atoms with Crippen LogP contribution in [-0.2, 0) is 6.54 Å². The summed E-state index contributed by atoms with van der Waals surface area (Å²) in [6.45, 7) is 12.7. The van der Waals surface area contributed by atoms with Gasteiger partial charge in [0.25, 0.3) is 0 Å². The van der Waals surface area contributed by atoms with Gasteiger partial charge in [0.05, 0.1) is 0 Å². The Labute approximate surface area is 119 Å². The number of rotatable bonds is 7. The third-order valence-corrected chi connectivity index (χ3v) is 3.27. The van der Waals surface area contributed by atoms with Gasteiger partial charge in [-0.3, -0.25) is 0 Å². The van der Waals surface area contributed by atoms with Crippen LogP contribution in [0.3, 0.4) is 0 Å². The average Bonchev–Trinajstić information content (AvgIpc) is 2.32. The van der Waals surface area contributed by atoms with E-state index >= 15 is 0 Å². The summed E-state index contributed by atoms with van der Waals surface area (Å²) in [5.41, 5.74) is 1.26. The highest BCUT2D eigenvalue weighted by Gasteiger charge is 2.10. The second kappa shape index (κ2) is 7.74. The van der Waals surface area contributed by atoms with Gasteiger partial charge in [0.2, 0.25) is 0 Å². The predicted molar refractivity (Wildman–Crippen MR) is 82.0 cm³/mol. The summed E-state index contributed by atoms with van der Waals surface area (Å²) in [7, 11) is 0. The van der Waals surface area contributed by atoms with Gasteiger partial charge in [-0.15, -0.1) is 0 Å². The molecule has 0 unspecified atom stereocenters. The molecule has 0 aliphatic rings. The molecule has 1 aromatic rings. The van der Waals surface area contributed by atoms with Gasteiger partial charge in [-0.25, -0.2) is 4.98 Å². The smallest absolute Gasteiger partial charge is 0.133 e. The molecule has 102 valence electrons. The molecule has 1 aromatic heterocycles.